The molecule has 0 amide bonds. The van der Waals surface area contributed by atoms with Gasteiger partial charge in [-0.3, -0.25) is 14.4 Å². The standard InChI is InChI=1S/C20H25BrO7/c1-5-27-18(23)16-13(22)10-20(3,25)17(19(24)28-6-2)15(16)11-7-8-14(26-4)12(21)9-11/h7-9,15-17,25H,5-6,10H2,1-4H3/t15-,16-,17+,20-/m0/s1. The molecule has 1 aromatic rings. The zero-order valence-electron chi connectivity index (χ0n) is 16.4. The number of rotatable bonds is 6. The molecule has 1 aromatic carbocycles. The van der Waals surface area contributed by atoms with Gasteiger partial charge in [0.15, 0.2) is 5.78 Å². The fraction of sp³-hybridized carbons (Fsp3) is 0.550. The Morgan fingerprint density at radius 3 is 2.36 bits per heavy atom. The number of benzene rings is 1. The van der Waals surface area contributed by atoms with E-state index >= 15 is 0 Å². The molecule has 28 heavy (non-hydrogen) atoms. The number of hydrogen-bond donors (Lipinski definition) is 1. The van der Waals surface area contributed by atoms with Gasteiger partial charge in [0.1, 0.15) is 11.7 Å². The summed E-state index contributed by atoms with van der Waals surface area (Å²) >= 11 is 3.39. The molecular weight excluding hydrogens is 432 g/mol. The van der Waals surface area contributed by atoms with Crippen LogP contribution in [0.4, 0.5) is 0 Å². The first-order valence-corrected chi connectivity index (χ1v) is 9.89. The molecule has 7 nitrogen and oxygen atoms in total. The zero-order chi connectivity index (χ0) is 21.1. The van der Waals surface area contributed by atoms with Gasteiger partial charge in [0.05, 0.1) is 36.3 Å². The molecule has 1 fully saturated rings. The van der Waals surface area contributed by atoms with E-state index in [0.717, 1.165) is 0 Å². The minimum Gasteiger partial charge on any atom is -0.496 e. The third-order valence-corrected chi connectivity index (χ3v) is 5.53. The van der Waals surface area contributed by atoms with Gasteiger partial charge >= 0.3 is 11.9 Å². The van der Waals surface area contributed by atoms with Gasteiger partial charge in [0.25, 0.3) is 0 Å². The number of carbonyl (C=O) groups excluding carboxylic acids is 3. The molecule has 0 radical (unpaired) electrons. The largest absolute Gasteiger partial charge is 0.496 e. The van der Waals surface area contributed by atoms with E-state index in [-0.39, 0.29) is 19.6 Å². The quantitative estimate of drug-likeness (QED) is 0.518. The van der Waals surface area contributed by atoms with Crippen LogP contribution in [0, 0.1) is 11.8 Å². The van der Waals surface area contributed by atoms with E-state index in [4.69, 9.17) is 14.2 Å². The molecule has 0 saturated heterocycles. The van der Waals surface area contributed by atoms with Crippen molar-refractivity contribution < 1.29 is 33.7 Å². The number of halogens is 1. The molecule has 0 aliphatic heterocycles. The molecule has 154 valence electrons. The monoisotopic (exact) mass is 456 g/mol. The lowest BCUT2D eigenvalue weighted by Gasteiger charge is -2.43. The van der Waals surface area contributed by atoms with Crippen LogP contribution in [-0.2, 0) is 23.9 Å². The Labute approximate surface area is 172 Å². The lowest BCUT2D eigenvalue weighted by Crippen LogP contribution is -2.55. The maximum absolute atomic E-state index is 12.8. The zero-order valence-corrected chi connectivity index (χ0v) is 17.9. The lowest BCUT2D eigenvalue weighted by molar-refractivity contribution is -0.172. The van der Waals surface area contributed by atoms with Crippen LogP contribution in [-0.4, -0.2) is 48.8 Å². The van der Waals surface area contributed by atoms with Gasteiger partial charge in [-0.1, -0.05) is 6.07 Å². The molecule has 1 N–H and O–H groups in total. The van der Waals surface area contributed by atoms with Gasteiger partial charge in [0.2, 0.25) is 0 Å². The fourth-order valence-electron chi connectivity index (χ4n) is 3.77. The molecular formula is C20H25BrO7. The van der Waals surface area contributed by atoms with Crippen LogP contribution in [0.15, 0.2) is 22.7 Å². The van der Waals surface area contributed by atoms with E-state index in [9.17, 15) is 19.5 Å². The van der Waals surface area contributed by atoms with Gasteiger partial charge in [0, 0.05) is 12.3 Å². The Morgan fingerprint density at radius 2 is 1.82 bits per heavy atom. The maximum Gasteiger partial charge on any atom is 0.317 e. The minimum absolute atomic E-state index is 0.0993. The maximum atomic E-state index is 12.8. The van der Waals surface area contributed by atoms with Crippen molar-refractivity contribution in [2.24, 2.45) is 11.8 Å². The normalized spacial score (nSPS) is 27.2. The van der Waals surface area contributed by atoms with Gasteiger partial charge < -0.3 is 19.3 Å². The lowest BCUT2D eigenvalue weighted by atomic mass is 9.61. The van der Waals surface area contributed by atoms with Crippen LogP contribution >= 0.6 is 15.9 Å². The van der Waals surface area contributed by atoms with Crippen molar-refractivity contribution in [3.63, 3.8) is 0 Å². The SMILES string of the molecule is CCOC(=O)[C@H]1C(=O)C[C@](C)(O)[C@@H](C(=O)OCC)[C@H]1c1ccc(OC)c(Br)c1. The fourth-order valence-corrected chi connectivity index (χ4v) is 4.33. The van der Waals surface area contributed by atoms with E-state index in [1.54, 1.807) is 32.0 Å². The summed E-state index contributed by atoms with van der Waals surface area (Å²) in [5.41, 5.74) is -1.14. The van der Waals surface area contributed by atoms with Crippen LogP contribution in [0.2, 0.25) is 0 Å². The smallest absolute Gasteiger partial charge is 0.317 e. The van der Waals surface area contributed by atoms with Crippen molar-refractivity contribution in [2.75, 3.05) is 20.3 Å². The van der Waals surface area contributed by atoms with E-state index < -0.39 is 41.1 Å². The first-order valence-electron chi connectivity index (χ1n) is 9.09. The molecule has 0 unspecified atom stereocenters. The number of methoxy groups -OCH3 is 1. The van der Waals surface area contributed by atoms with Crippen LogP contribution in [0.5, 0.6) is 5.75 Å². The Morgan fingerprint density at radius 1 is 1.21 bits per heavy atom. The molecule has 1 aliphatic rings. The molecule has 4 atom stereocenters. The van der Waals surface area contributed by atoms with Crippen molar-refractivity contribution >= 4 is 33.7 Å². The molecule has 2 rings (SSSR count). The summed E-state index contributed by atoms with van der Waals surface area (Å²) in [4.78, 5) is 38.2. The molecule has 1 aliphatic carbocycles. The Balaban J connectivity index is 2.65. The van der Waals surface area contributed by atoms with E-state index in [2.05, 4.69) is 15.9 Å². The van der Waals surface area contributed by atoms with Crippen LogP contribution < -0.4 is 4.74 Å². The predicted molar refractivity (Wildman–Crippen MR) is 104 cm³/mol. The first-order chi connectivity index (χ1) is 13.2. The number of carbonyl (C=O) groups is 3. The average Bonchev–Trinajstić information content (AvgIpc) is 2.60. The third-order valence-electron chi connectivity index (χ3n) is 4.91. The summed E-state index contributed by atoms with van der Waals surface area (Å²) in [6.45, 7) is 4.93. The number of aliphatic hydroxyl groups is 1. The van der Waals surface area contributed by atoms with Crippen molar-refractivity contribution in [1.82, 2.24) is 0 Å². The first kappa shape index (κ1) is 22.4. The Hall–Kier alpha value is -1.93. The highest BCUT2D eigenvalue weighted by molar-refractivity contribution is 9.10. The molecule has 0 aromatic heterocycles. The Kier molecular flexibility index (Phi) is 7.22. The highest BCUT2D eigenvalue weighted by Gasteiger charge is 2.57. The topological polar surface area (TPSA) is 99.1 Å². The van der Waals surface area contributed by atoms with E-state index in [1.165, 1.54) is 14.0 Å². The molecule has 0 heterocycles. The second-order valence-corrected chi connectivity index (χ2v) is 7.73. The van der Waals surface area contributed by atoms with E-state index in [1.807, 2.05) is 0 Å². The van der Waals surface area contributed by atoms with Crippen molar-refractivity contribution in [3.8, 4) is 5.75 Å². The molecule has 0 bridgehead atoms. The van der Waals surface area contributed by atoms with Crippen molar-refractivity contribution in [1.29, 1.82) is 0 Å². The number of Topliss-reactive ketones (excluding diaryl/α,β-unsaturated/α-hetero) is 1. The van der Waals surface area contributed by atoms with Gasteiger partial charge in [-0.2, -0.15) is 0 Å². The summed E-state index contributed by atoms with van der Waals surface area (Å²) in [7, 11) is 1.51. The molecule has 0 spiro atoms. The third kappa shape index (κ3) is 4.38. The summed E-state index contributed by atoms with van der Waals surface area (Å²) < 4.78 is 16.1. The summed E-state index contributed by atoms with van der Waals surface area (Å²) in [5, 5.41) is 10.9. The summed E-state index contributed by atoms with van der Waals surface area (Å²) in [6.07, 6.45) is -0.339. The second-order valence-electron chi connectivity index (χ2n) is 6.88. The minimum atomic E-state index is -1.66. The molecule has 1 saturated carbocycles. The van der Waals surface area contributed by atoms with Crippen molar-refractivity contribution in [2.45, 2.75) is 38.7 Å². The summed E-state index contributed by atoms with van der Waals surface area (Å²) in [5.74, 6) is -4.55. The van der Waals surface area contributed by atoms with Crippen LogP contribution in [0.3, 0.4) is 0 Å². The van der Waals surface area contributed by atoms with Crippen LogP contribution in [0.1, 0.15) is 38.7 Å². The Bertz CT molecular complexity index is 759. The number of esters is 2. The van der Waals surface area contributed by atoms with Crippen LogP contribution in [0.25, 0.3) is 0 Å². The summed E-state index contributed by atoms with van der Waals surface area (Å²) in [6, 6.07) is 5.01. The van der Waals surface area contributed by atoms with Gasteiger partial charge in [-0.25, -0.2) is 0 Å². The second kappa shape index (κ2) is 9.05. The van der Waals surface area contributed by atoms with Gasteiger partial charge in [-0.05, 0) is 54.4 Å². The average molecular weight is 457 g/mol. The predicted octanol–water partition coefficient (Wildman–Crippen LogP) is 2.62. The highest BCUT2D eigenvalue weighted by atomic mass is 79.9. The number of ether oxygens (including phenoxy) is 3. The molecule has 8 heteroatoms. The van der Waals surface area contributed by atoms with E-state index in [0.29, 0.717) is 15.8 Å². The number of ketones is 1. The number of hydrogen-bond acceptors (Lipinski definition) is 7. The van der Waals surface area contributed by atoms with Gasteiger partial charge in [-0.15, -0.1) is 0 Å². The highest BCUT2D eigenvalue weighted by Crippen LogP contribution is 2.47. The van der Waals surface area contributed by atoms with Crippen molar-refractivity contribution in [3.05, 3.63) is 28.2 Å².